The van der Waals surface area contributed by atoms with Crippen molar-refractivity contribution in [1.29, 1.82) is 0 Å². The average Bonchev–Trinajstić information content (AvgIpc) is 2.93. The van der Waals surface area contributed by atoms with Crippen LogP contribution in [0.2, 0.25) is 0 Å². The van der Waals surface area contributed by atoms with Gasteiger partial charge < -0.3 is 40.5 Å². The average molecular weight is 583 g/mol. The Morgan fingerprint density at radius 1 is 1.12 bits per heavy atom. The van der Waals surface area contributed by atoms with Crippen LogP contribution in [0.4, 0.5) is 0 Å². The Balaban J connectivity index is 1.61. The van der Waals surface area contributed by atoms with Gasteiger partial charge in [-0.3, -0.25) is 9.59 Å². The van der Waals surface area contributed by atoms with Gasteiger partial charge in [0.2, 0.25) is 11.8 Å². The predicted octanol–water partition coefficient (Wildman–Crippen LogP) is 1.27. The number of aliphatic hydroxyl groups excluding tert-OH is 4. The summed E-state index contributed by atoms with van der Waals surface area (Å²) in [5.74, 6) is -1.23. The smallest absolute Gasteiger partial charge is 0.330 e. The summed E-state index contributed by atoms with van der Waals surface area (Å²) in [4.78, 5) is 35.9. The summed E-state index contributed by atoms with van der Waals surface area (Å²) in [7, 11) is 0. The van der Waals surface area contributed by atoms with Crippen molar-refractivity contribution in [2.45, 2.75) is 115 Å². The van der Waals surface area contributed by atoms with Gasteiger partial charge in [0.1, 0.15) is 24.4 Å². The lowest BCUT2D eigenvalue weighted by Gasteiger charge is -2.39. The summed E-state index contributed by atoms with van der Waals surface area (Å²) in [5.41, 5.74) is 0.263. The highest BCUT2D eigenvalue weighted by molar-refractivity contribution is 5.88. The molecule has 8 atom stereocenters. The molecular weight excluding hydrogens is 532 g/mol. The second kappa shape index (κ2) is 18.3. The van der Waals surface area contributed by atoms with Crippen LogP contribution in [0.5, 0.6) is 0 Å². The second-order valence-corrected chi connectivity index (χ2v) is 11.4. The molecule has 2 fully saturated rings. The molecule has 0 saturated carbocycles. The van der Waals surface area contributed by atoms with Gasteiger partial charge in [0.15, 0.2) is 0 Å². The first kappa shape index (κ1) is 34.9. The predicted molar refractivity (Wildman–Crippen MR) is 152 cm³/mol. The van der Waals surface area contributed by atoms with Gasteiger partial charge in [0.25, 0.3) is 0 Å². The summed E-state index contributed by atoms with van der Waals surface area (Å²) in [6.45, 7) is 6.13. The van der Waals surface area contributed by atoms with Crippen molar-refractivity contribution in [3.05, 3.63) is 23.8 Å². The largest absolute Gasteiger partial charge is 0.463 e. The van der Waals surface area contributed by atoms with Crippen molar-refractivity contribution in [2.24, 2.45) is 11.8 Å². The van der Waals surface area contributed by atoms with Gasteiger partial charge in [-0.2, -0.15) is 0 Å². The molecule has 0 aromatic heterocycles. The number of allylic oxidation sites excluding steroid dienone is 1. The number of carbonyl (C=O) groups excluding carboxylic acids is 3. The van der Waals surface area contributed by atoms with E-state index in [0.717, 1.165) is 32.1 Å². The highest BCUT2D eigenvalue weighted by atomic mass is 16.5. The van der Waals surface area contributed by atoms with Crippen LogP contribution in [-0.2, 0) is 23.9 Å². The van der Waals surface area contributed by atoms with Crippen LogP contribution in [0.15, 0.2) is 23.8 Å². The van der Waals surface area contributed by atoms with Crippen molar-refractivity contribution in [2.75, 3.05) is 19.8 Å². The van der Waals surface area contributed by atoms with E-state index in [1.54, 1.807) is 6.92 Å². The first-order chi connectivity index (χ1) is 19.5. The summed E-state index contributed by atoms with van der Waals surface area (Å²) >= 11 is 0. The molecule has 8 unspecified atom stereocenters. The molecule has 234 valence electrons. The van der Waals surface area contributed by atoms with Gasteiger partial charge in [-0.05, 0) is 57.4 Å². The molecule has 11 nitrogen and oxygen atoms in total. The molecule has 11 heteroatoms. The van der Waals surface area contributed by atoms with Gasteiger partial charge in [0.05, 0.1) is 25.4 Å². The monoisotopic (exact) mass is 582 g/mol. The fourth-order valence-corrected chi connectivity index (χ4v) is 4.86. The Kier molecular flexibility index (Phi) is 15.6. The first-order valence-corrected chi connectivity index (χ1v) is 14.9. The minimum atomic E-state index is -1.33. The molecule has 2 amide bonds. The van der Waals surface area contributed by atoms with E-state index in [1.807, 2.05) is 19.1 Å². The van der Waals surface area contributed by atoms with E-state index in [-0.39, 0.29) is 42.4 Å². The van der Waals surface area contributed by atoms with E-state index in [9.17, 15) is 34.8 Å². The summed E-state index contributed by atoms with van der Waals surface area (Å²) in [6.07, 6.45) is 5.92. The number of nitrogens with one attached hydrogen (secondary N) is 2. The fraction of sp³-hybridized carbons (Fsp3) is 0.767. The number of hydrogen-bond donors (Lipinski definition) is 6. The number of aliphatic hydroxyl groups is 4. The van der Waals surface area contributed by atoms with E-state index < -0.39 is 42.5 Å². The quantitative estimate of drug-likeness (QED) is 0.0678. The molecule has 0 aromatic carbocycles. The fourth-order valence-electron chi connectivity index (χ4n) is 4.86. The van der Waals surface area contributed by atoms with Gasteiger partial charge in [-0.1, -0.05) is 38.3 Å². The third kappa shape index (κ3) is 12.2. The Bertz CT molecular complexity index is 891. The van der Waals surface area contributed by atoms with E-state index in [4.69, 9.17) is 9.47 Å². The van der Waals surface area contributed by atoms with E-state index in [2.05, 4.69) is 10.6 Å². The summed E-state index contributed by atoms with van der Waals surface area (Å²) in [6, 6.07) is -0.423. The number of piperidine rings is 1. The summed E-state index contributed by atoms with van der Waals surface area (Å²) < 4.78 is 10.9. The van der Waals surface area contributed by atoms with Gasteiger partial charge in [-0.25, -0.2) is 4.79 Å². The Morgan fingerprint density at radius 2 is 1.83 bits per heavy atom. The second-order valence-electron chi connectivity index (χ2n) is 11.4. The normalized spacial score (nSPS) is 27.6. The van der Waals surface area contributed by atoms with Crippen LogP contribution in [0, 0.1) is 11.8 Å². The van der Waals surface area contributed by atoms with Crippen LogP contribution >= 0.6 is 0 Å². The molecule has 0 spiro atoms. The van der Waals surface area contributed by atoms with Gasteiger partial charge in [0, 0.05) is 25.0 Å². The number of amides is 2. The molecule has 41 heavy (non-hydrogen) atoms. The summed E-state index contributed by atoms with van der Waals surface area (Å²) in [5, 5.41) is 46.9. The van der Waals surface area contributed by atoms with E-state index >= 15 is 0 Å². The third-order valence-electron chi connectivity index (χ3n) is 7.85. The first-order valence-electron chi connectivity index (χ1n) is 14.9. The minimum Gasteiger partial charge on any atom is -0.463 e. The minimum absolute atomic E-state index is 0.0352. The maximum Gasteiger partial charge on any atom is 0.330 e. The topological polar surface area (TPSA) is 175 Å². The zero-order valence-electron chi connectivity index (χ0n) is 24.7. The zero-order valence-corrected chi connectivity index (χ0v) is 24.7. The number of esters is 1. The molecule has 2 aliphatic rings. The van der Waals surface area contributed by atoms with Crippen molar-refractivity contribution >= 4 is 17.8 Å². The Labute approximate surface area is 243 Å². The Hall–Kier alpha value is -2.31. The van der Waals surface area contributed by atoms with Crippen molar-refractivity contribution in [3.8, 4) is 0 Å². The van der Waals surface area contributed by atoms with Crippen LogP contribution in [0.1, 0.15) is 78.6 Å². The molecule has 6 N–H and O–H groups in total. The van der Waals surface area contributed by atoms with Gasteiger partial charge >= 0.3 is 5.97 Å². The molecule has 0 aromatic rings. The molecule has 2 aliphatic heterocycles. The number of ether oxygens (including phenoxy) is 2. The Morgan fingerprint density at radius 3 is 2.54 bits per heavy atom. The molecule has 0 bridgehead atoms. The highest BCUT2D eigenvalue weighted by Crippen LogP contribution is 2.27. The standard InChI is InChI=1S/C30H50N2O9/c1-19(21(3)33)11-9-12-22-18-41-29(28(38)27(22)37)26(36)20(2)17-25(35)40-16-8-6-4-5-7-14-24(34)32-23-13-10-15-31-30(23)39/h9,11,17,19,21-23,26-29,33,36-38H,4-8,10,12-16,18H2,1-3H3,(H,31,39)(H,32,34)/b11-9+,20-17+. The SMILES string of the molecule is C/C(=C\C(=O)OCCCCCCCC(=O)NC1CCCNC1=O)C(O)C1OCC(C/C=C/C(C)C(C)O)C(O)C1O. The van der Waals surface area contributed by atoms with Crippen LogP contribution in [-0.4, -0.2) is 94.5 Å². The number of carbonyl (C=O) groups is 3. The van der Waals surface area contributed by atoms with Crippen LogP contribution in [0.3, 0.4) is 0 Å². The molecule has 2 rings (SSSR count). The molecule has 0 aliphatic carbocycles. The molecule has 2 heterocycles. The lowest BCUT2D eigenvalue weighted by atomic mass is 9.86. The number of rotatable bonds is 16. The lowest BCUT2D eigenvalue weighted by molar-refractivity contribution is -0.187. The molecule has 0 radical (unpaired) electrons. The van der Waals surface area contributed by atoms with Gasteiger partial charge in [-0.15, -0.1) is 0 Å². The number of hydrogen-bond acceptors (Lipinski definition) is 9. The van der Waals surface area contributed by atoms with Crippen LogP contribution in [0.25, 0.3) is 0 Å². The zero-order chi connectivity index (χ0) is 30.4. The third-order valence-corrected chi connectivity index (χ3v) is 7.85. The highest BCUT2D eigenvalue weighted by Gasteiger charge is 2.41. The van der Waals surface area contributed by atoms with Crippen molar-refractivity contribution in [1.82, 2.24) is 10.6 Å². The van der Waals surface area contributed by atoms with Crippen molar-refractivity contribution in [3.63, 3.8) is 0 Å². The maximum absolute atomic E-state index is 12.2. The number of unbranched alkanes of at least 4 members (excludes halogenated alkanes) is 4. The maximum atomic E-state index is 12.2. The van der Waals surface area contributed by atoms with Crippen LogP contribution < -0.4 is 10.6 Å². The van der Waals surface area contributed by atoms with E-state index in [1.165, 1.54) is 13.0 Å². The van der Waals surface area contributed by atoms with E-state index in [0.29, 0.717) is 32.2 Å². The van der Waals surface area contributed by atoms with Crippen molar-refractivity contribution < 1.29 is 44.3 Å². The molecular formula is C30H50N2O9. The molecule has 2 saturated heterocycles. The lowest BCUT2D eigenvalue weighted by Crippen LogP contribution is -2.54.